The van der Waals surface area contributed by atoms with Gasteiger partial charge in [-0.25, -0.2) is 0 Å². The second-order valence-electron chi connectivity index (χ2n) is 5.48. The van der Waals surface area contributed by atoms with Gasteiger partial charge in [-0.2, -0.15) is 12.6 Å². The maximum Gasteiger partial charge on any atom is 0.119 e. The smallest absolute Gasteiger partial charge is 0.119 e. The Balaban J connectivity index is 2.15. The van der Waals surface area contributed by atoms with Crippen molar-refractivity contribution in [2.24, 2.45) is 11.3 Å². The predicted octanol–water partition coefficient (Wildman–Crippen LogP) is 3.67. The van der Waals surface area contributed by atoms with Crippen LogP contribution in [0.5, 0.6) is 5.75 Å². The molecule has 1 atom stereocenters. The fourth-order valence-corrected chi connectivity index (χ4v) is 2.19. The van der Waals surface area contributed by atoms with Crippen LogP contribution in [0.4, 0.5) is 0 Å². The highest BCUT2D eigenvalue weighted by Crippen LogP contribution is 2.26. The Morgan fingerprint density at radius 2 is 1.78 bits per heavy atom. The third kappa shape index (κ3) is 5.78. The summed E-state index contributed by atoms with van der Waals surface area (Å²) in [6.07, 6.45) is 0. The molecule has 0 saturated heterocycles. The summed E-state index contributed by atoms with van der Waals surface area (Å²) in [5, 5.41) is 0. The van der Waals surface area contributed by atoms with Crippen molar-refractivity contribution >= 4 is 12.6 Å². The molecule has 0 aliphatic carbocycles. The molecule has 0 heterocycles. The molecule has 0 spiro atoms. The molecule has 1 rings (SSSR count). The molecule has 102 valence electrons. The topological polar surface area (TPSA) is 18.5 Å². The Bertz CT molecular complexity index is 319. The maximum absolute atomic E-state index is 5.66. The molecule has 0 aliphatic rings. The monoisotopic (exact) mass is 268 g/mol. The van der Waals surface area contributed by atoms with E-state index in [1.165, 1.54) is 0 Å². The molecular formula is C15H24O2S. The average Bonchev–Trinajstić information content (AvgIpc) is 2.33. The first-order valence-electron chi connectivity index (χ1n) is 6.40. The molecule has 1 unspecified atom stereocenters. The van der Waals surface area contributed by atoms with Gasteiger partial charge in [0, 0.05) is 0 Å². The Hall–Kier alpha value is -0.670. The van der Waals surface area contributed by atoms with Crippen molar-refractivity contribution in [2.45, 2.75) is 20.8 Å². The highest BCUT2D eigenvalue weighted by Gasteiger charge is 2.23. The lowest BCUT2D eigenvalue weighted by molar-refractivity contribution is 0.0487. The van der Waals surface area contributed by atoms with Gasteiger partial charge in [0.15, 0.2) is 0 Å². The lowest BCUT2D eigenvalue weighted by Gasteiger charge is -2.29. The van der Waals surface area contributed by atoms with Crippen LogP contribution in [0.1, 0.15) is 20.8 Å². The van der Waals surface area contributed by atoms with E-state index in [1.807, 2.05) is 30.3 Å². The summed E-state index contributed by atoms with van der Waals surface area (Å²) in [5.74, 6) is 2.21. The van der Waals surface area contributed by atoms with Gasteiger partial charge in [0.1, 0.15) is 12.4 Å². The number of rotatable bonds is 7. The number of ether oxygens (including phenoxy) is 2. The number of para-hydroxylation sites is 1. The number of thiol groups is 1. The molecule has 0 saturated carbocycles. The van der Waals surface area contributed by atoms with Crippen molar-refractivity contribution in [1.82, 2.24) is 0 Å². The third-order valence-corrected chi connectivity index (χ3v) is 3.44. The van der Waals surface area contributed by atoms with Crippen LogP contribution in [0, 0.1) is 11.3 Å². The summed E-state index contributed by atoms with van der Waals surface area (Å²) >= 11 is 4.38. The quantitative estimate of drug-likeness (QED) is 0.601. The first kappa shape index (κ1) is 15.4. The molecule has 0 radical (unpaired) electrons. The Morgan fingerprint density at radius 1 is 1.11 bits per heavy atom. The minimum absolute atomic E-state index is 0.238. The van der Waals surface area contributed by atoms with Crippen LogP contribution < -0.4 is 4.74 Å². The van der Waals surface area contributed by atoms with Crippen molar-refractivity contribution in [3.8, 4) is 5.75 Å². The third-order valence-electron chi connectivity index (χ3n) is 3.00. The summed E-state index contributed by atoms with van der Waals surface area (Å²) in [6.45, 7) is 8.61. The van der Waals surface area contributed by atoms with Gasteiger partial charge in [-0.15, -0.1) is 0 Å². The first-order chi connectivity index (χ1) is 8.54. The molecule has 3 heteroatoms. The number of hydrogen-bond acceptors (Lipinski definition) is 3. The van der Waals surface area contributed by atoms with E-state index in [0.29, 0.717) is 19.1 Å². The standard InChI is InChI=1S/C15H24O2S/c1-15(2,3)13(12-18)11-16-9-10-17-14-7-5-4-6-8-14/h4-8,13,18H,9-12H2,1-3H3. The van der Waals surface area contributed by atoms with Crippen molar-refractivity contribution < 1.29 is 9.47 Å². The number of hydrogen-bond donors (Lipinski definition) is 1. The van der Waals surface area contributed by atoms with Gasteiger partial charge < -0.3 is 9.47 Å². The van der Waals surface area contributed by atoms with Crippen molar-refractivity contribution in [3.63, 3.8) is 0 Å². The van der Waals surface area contributed by atoms with E-state index >= 15 is 0 Å². The van der Waals surface area contributed by atoms with E-state index in [0.717, 1.165) is 18.1 Å². The van der Waals surface area contributed by atoms with Gasteiger partial charge in [-0.3, -0.25) is 0 Å². The van der Waals surface area contributed by atoms with Gasteiger partial charge in [-0.1, -0.05) is 39.0 Å². The molecule has 0 aromatic heterocycles. The van der Waals surface area contributed by atoms with Crippen LogP contribution in [0.15, 0.2) is 30.3 Å². The van der Waals surface area contributed by atoms with Gasteiger partial charge in [0.05, 0.1) is 13.2 Å². The predicted molar refractivity (Wildman–Crippen MR) is 79.6 cm³/mol. The second kappa shape index (κ2) is 7.70. The Kier molecular flexibility index (Phi) is 6.58. The maximum atomic E-state index is 5.66. The summed E-state index contributed by atoms with van der Waals surface area (Å²) in [4.78, 5) is 0. The largest absolute Gasteiger partial charge is 0.491 e. The van der Waals surface area contributed by atoms with E-state index in [-0.39, 0.29) is 5.41 Å². The molecule has 1 aromatic rings. The lowest BCUT2D eigenvalue weighted by Crippen LogP contribution is -2.27. The summed E-state index contributed by atoms with van der Waals surface area (Å²) in [7, 11) is 0. The number of benzene rings is 1. The molecule has 0 bridgehead atoms. The van der Waals surface area contributed by atoms with Crippen molar-refractivity contribution in [3.05, 3.63) is 30.3 Å². The zero-order valence-corrected chi connectivity index (χ0v) is 12.5. The fraction of sp³-hybridized carbons (Fsp3) is 0.600. The van der Waals surface area contributed by atoms with Gasteiger partial charge in [0.25, 0.3) is 0 Å². The summed E-state index contributed by atoms with van der Waals surface area (Å²) < 4.78 is 11.2. The van der Waals surface area contributed by atoms with Crippen LogP contribution in [0.2, 0.25) is 0 Å². The van der Waals surface area contributed by atoms with E-state index in [4.69, 9.17) is 9.47 Å². The van der Waals surface area contributed by atoms with Crippen LogP contribution in [0.3, 0.4) is 0 Å². The van der Waals surface area contributed by atoms with Gasteiger partial charge in [0.2, 0.25) is 0 Å². The van der Waals surface area contributed by atoms with E-state index in [1.54, 1.807) is 0 Å². The van der Waals surface area contributed by atoms with Crippen LogP contribution in [-0.4, -0.2) is 25.6 Å². The van der Waals surface area contributed by atoms with E-state index in [2.05, 4.69) is 33.4 Å². The molecule has 1 aromatic carbocycles. The SMILES string of the molecule is CC(C)(C)C(CS)COCCOc1ccccc1. The van der Waals surface area contributed by atoms with Crippen molar-refractivity contribution in [2.75, 3.05) is 25.6 Å². The Labute approximate surface area is 116 Å². The second-order valence-corrected chi connectivity index (χ2v) is 5.85. The zero-order chi connectivity index (χ0) is 13.4. The molecule has 18 heavy (non-hydrogen) atoms. The lowest BCUT2D eigenvalue weighted by atomic mass is 9.82. The van der Waals surface area contributed by atoms with Crippen LogP contribution in [-0.2, 0) is 4.74 Å². The van der Waals surface area contributed by atoms with Crippen LogP contribution >= 0.6 is 12.6 Å². The molecule has 0 N–H and O–H groups in total. The minimum atomic E-state index is 0.238. The highest BCUT2D eigenvalue weighted by molar-refractivity contribution is 7.80. The summed E-state index contributed by atoms with van der Waals surface area (Å²) in [5.41, 5.74) is 0.238. The molecule has 0 aliphatic heterocycles. The van der Waals surface area contributed by atoms with Crippen LogP contribution in [0.25, 0.3) is 0 Å². The van der Waals surface area contributed by atoms with Gasteiger partial charge >= 0.3 is 0 Å². The minimum Gasteiger partial charge on any atom is -0.491 e. The molecular weight excluding hydrogens is 244 g/mol. The zero-order valence-electron chi connectivity index (χ0n) is 11.6. The van der Waals surface area contributed by atoms with E-state index in [9.17, 15) is 0 Å². The first-order valence-corrected chi connectivity index (χ1v) is 7.03. The average molecular weight is 268 g/mol. The Morgan fingerprint density at radius 3 is 2.33 bits per heavy atom. The molecule has 2 nitrogen and oxygen atoms in total. The normalized spacial score (nSPS) is 13.3. The van der Waals surface area contributed by atoms with Crippen molar-refractivity contribution in [1.29, 1.82) is 0 Å². The highest BCUT2D eigenvalue weighted by atomic mass is 32.1. The fourth-order valence-electron chi connectivity index (χ4n) is 1.54. The summed E-state index contributed by atoms with van der Waals surface area (Å²) in [6, 6.07) is 9.81. The van der Waals surface area contributed by atoms with Gasteiger partial charge in [-0.05, 0) is 29.2 Å². The van der Waals surface area contributed by atoms with E-state index < -0.39 is 0 Å². The molecule has 0 fully saturated rings. The molecule has 0 amide bonds.